The first-order chi connectivity index (χ1) is 18.0. The van der Waals surface area contributed by atoms with Crippen molar-refractivity contribution in [1.29, 1.82) is 0 Å². The van der Waals surface area contributed by atoms with Gasteiger partial charge in [-0.1, -0.05) is 36.4 Å². The molecule has 0 bridgehead atoms. The highest BCUT2D eigenvalue weighted by Crippen LogP contribution is 2.30. The number of rotatable bonds is 10. The van der Waals surface area contributed by atoms with Gasteiger partial charge in [0.15, 0.2) is 0 Å². The van der Waals surface area contributed by atoms with E-state index >= 15 is 0 Å². The number of fused-ring (bicyclic) bond motifs is 1. The zero-order chi connectivity index (χ0) is 26.2. The normalized spacial score (nSPS) is 10.8. The second-order valence-corrected chi connectivity index (χ2v) is 9.43. The SMILES string of the molecule is CCOC(=O)c1ccc(NC(=O)CSc2cn(CCNC(=O)c3ccccc3C)c3ccccc23)cc1. The van der Waals surface area contributed by atoms with Crippen LogP contribution in [0.15, 0.2) is 83.9 Å². The van der Waals surface area contributed by atoms with E-state index < -0.39 is 0 Å². The molecule has 0 aliphatic heterocycles. The number of carbonyl (C=O) groups excluding carboxylic acids is 3. The third kappa shape index (κ3) is 6.59. The van der Waals surface area contributed by atoms with E-state index in [9.17, 15) is 14.4 Å². The Kier molecular flexibility index (Phi) is 8.64. The number of aryl methyl sites for hydroxylation is 1. The molecule has 0 aliphatic rings. The topological polar surface area (TPSA) is 89.4 Å². The van der Waals surface area contributed by atoms with E-state index in [2.05, 4.69) is 15.2 Å². The fraction of sp³-hybridized carbons (Fsp3) is 0.207. The van der Waals surface area contributed by atoms with E-state index in [1.54, 1.807) is 31.2 Å². The molecule has 7 nitrogen and oxygen atoms in total. The highest BCUT2D eigenvalue weighted by atomic mass is 32.2. The summed E-state index contributed by atoms with van der Waals surface area (Å²) in [6, 6.07) is 22.2. The van der Waals surface area contributed by atoms with E-state index in [0.717, 1.165) is 21.4 Å². The minimum atomic E-state index is -0.387. The van der Waals surface area contributed by atoms with E-state index in [1.807, 2.05) is 61.7 Å². The van der Waals surface area contributed by atoms with Gasteiger partial charge in [0.05, 0.1) is 17.9 Å². The molecule has 0 fully saturated rings. The van der Waals surface area contributed by atoms with Gasteiger partial charge >= 0.3 is 5.97 Å². The maximum absolute atomic E-state index is 12.6. The molecule has 0 unspecified atom stereocenters. The minimum Gasteiger partial charge on any atom is -0.462 e. The first-order valence-electron chi connectivity index (χ1n) is 12.1. The third-order valence-electron chi connectivity index (χ3n) is 5.82. The van der Waals surface area contributed by atoms with Crippen molar-refractivity contribution in [1.82, 2.24) is 9.88 Å². The standard InChI is InChI=1S/C29H29N3O4S/c1-3-36-29(35)21-12-14-22(15-13-21)31-27(33)19-37-26-18-32(25-11-7-6-10-24(25)26)17-16-30-28(34)23-9-5-4-8-20(23)2/h4-15,18H,3,16-17,19H2,1-2H3,(H,30,34)(H,31,33). The lowest BCUT2D eigenvalue weighted by Crippen LogP contribution is -2.27. The summed E-state index contributed by atoms with van der Waals surface area (Å²) in [5.74, 6) is -0.383. The molecule has 0 saturated carbocycles. The number of carbonyl (C=O) groups is 3. The van der Waals surface area contributed by atoms with E-state index in [1.165, 1.54) is 11.8 Å². The number of hydrogen-bond acceptors (Lipinski definition) is 5. The van der Waals surface area contributed by atoms with Crippen LogP contribution >= 0.6 is 11.8 Å². The number of nitrogens with one attached hydrogen (secondary N) is 2. The molecule has 37 heavy (non-hydrogen) atoms. The van der Waals surface area contributed by atoms with Crippen LogP contribution in [0.5, 0.6) is 0 Å². The van der Waals surface area contributed by atoms with Gasteiger partial charge in [0.1, 0.15) is 0 Å². The largest absolute Gasteiger partial charge is 0.462 e. The lowest BCUT2D eigenvalue weighted by atomic mass is 10.1. The molecule has 2 amide bonds. The summed E-state index contributed by atoms with van der Waals surface area (Å²) in [4.78, 5) is 37.9. The third-order valence-corrected chi connectivity index (χ3v) is 6.86. The van der Waals surface area contributed by atoms with Gasteiger partial charge in [-0.05, 0) is 55.8 Å². The fourth-order valence-corrected chi connectivity index (χ4v) is 4.86. The Balaban J connectivity index is 1.35. The number of benzene rings is 3. The zero-order valence-electron chi connectivity index (χ0n) is 20.8. The monoisotopic (exact) mass is 515 g/mol. The molecular weight excluding hydrogens is 486 g/mol. The number of aromatic nitrogens is 1. The predicted molar refractivity (Wildman–Crippen MR) is 147 cm³/mol. The molecule has 4 rings (SSSR count). The van der Waals surface area contributed by atoms with Gasteiger partial charge in [-0.15, -0.1) is 11.8 Å². The lowest BCUT2D eigenvalue weighted by Gasteiger charge is -2.09. The Morgan fingerprint density at radius 3 is 2.43 bits per heavy atom. The average molecular weight is 516 g/mol. The van der Waals surface area contributed by atoms with Crippen LogP contribution in [0.4, 0.5) is 5.69 Å². The summed E-state index contributed by atoms with van der Waals surface area (Å²) in [5.41, 5.74) is 3.73. The summed E-state index contributed by atoms with van der Waals surface area (Å²) in [5, 5.41) is 6.92. The quantitative estimate of drug-likeness (QED) is 0.221. The van der Waals surface area contributed by atoms with Crippen LogP contribution in [0.1, 0.15) is 33.2 Å². The van der Waals surface area contributed by atoms with Crippen molar-refractivity contribution < 1.29 is 19.1 Å². The molecule has 3 aromatic carbocycles. The highest BCUT2D eigenvalue weighted by Gasteiger charge is 2.13. The van der Waals surface area contributed by atoms with Crippen LogP contribution in [0.2, 0.25) is 0 Å². The van der Waals surface area contributed by atoms with Crippen LogP contribution in [0.3, 0.4) is 0 Å². The average Bonchev–Trinajstić information content (AvgIpc) is 3.26. The van der Waals surface area contributed by atoms with Gasteiger partial charge in [0, 0.05) is 46.3 Å². The summed E-state index contributed by atoms with van der Waals surface area (Å²) in [6.07, 6.45) is 2.02. The minimum absolute atomic E-state index is 0.0869. The molecule has 4 aromatic rings. The van der Waals surface area contributed by atoms with Crippen molar-refractivity contribution in [2.75, 3.05) is 24.2 Å². The van der Waals surface area contributed by atoms with Crippen molar-refractivity contribution in [3.8, 4) is 0 Å². The summed E-state index contributed by atoms with van der Waals surface area (Å²) in [6.45, 7) is 5.08. The Morgan fingerprint density at radius 1 is 0.946 bits per heavy atom. The molecule has 0 radical (unpaired) electrons. The summed E-state index contributed by atoms with van der Waals surface area (Å²) in [7, 11) is 0. The van der Waals surface area contributed by atoms with Crippen LogP contribution in [-0.2, 0) is 16.1 Å². The van der Waals surface area contributed by atoms with Gasteiger partial charge < -0.3 is 19.9 Å². The molecule has 0 spiro atoms. The van der Waals surface area contributed by atoms with Crippen molar-refractivity contribution in [2.24, 2.45) is 0 Å². The zero-order valence-corrected chi connectivity index (χ0v) is 21.6. The maximum atomic E-state index is 12.6. The summed E-state index contributed by atoms with van der Waals surface area (Å²) < 4.78 is 7.08. The Morgan fingerprint density at radius 2 is 1.68 bits per heavy atom. The van der Waals surface area contributed by atoms with Gasteiger partial charge in [0.25, 0.3) is 5.91 Å². The van der Waals surface area contributed by atoms with Gasteiger partial charge in [-0.25, -0.2) is 4.79 Å². The molecule has 2 N–H and O–H groups in total. The van der Waals surface area contributed by atoms with Crippen LogP contribution in [0, 0.1) is 6.92 Å². The first kappa shape index (κ1) is 26.0. The molecule has 1 heterocycles. The van der Waals surface area contributed by atoms with Crippen molar-refractivity contribution in [3.63, 3.8) is 0 Å². The Hall–Kier alpha value is -4.04. The highest BCUT2D eigenvalue weighted by molar-refractivity contribution is 8.00. The Labute approximate surface area is 220 Å². The number of anilines is 1. The molecule has 8 heteroatoms. The predicted octanol–water partition coefficient (Wildman–Crippen LogP) is 5.29. The van der Waals surface area contributed by atoms with Crippen LogP contribution in [-0.4, -0.2) is 41.3 Å². The van der Waals surface area contributed by atoms with Gasteiger partial charge in [0.2, 0.25) is 5.91 Å². The Bertz CT molecular complexity index is 1410. The second-order valence-electron chi connectivity index (χ2n) is 8.41. The van der Waals surface area contributed by atoms with Crippen LogP contribution < -0.4 is 10.6 Å². The van der Waals surface area contributed by atoms with Gasteiger partial charge in [-0.3, -0.25) is 9.59 Å². The summed E-state index contributed by atoms with van der Waals surface area (Å²) >= 11 is 1.46. The van der Waals surface area contributed by atoms with Gasteiger partial charge in [-0.2, -0.15) is 0 Å². The molecule has 0 atom stereocenters. The second kappa shape index (κ2) is 12.3. The van der Waals surface area contributed by atoms with E-state index in [4.69, 9.17) is 4.74 Å². The molecule has 0 saturated heterocycles. The van der Waals surface area contributed by atoms with Crippen molar-refractivity contribution in [3.05, 3.63) is 95.7 Å². The van der Waals surface area contributed by atoms with E-state index in [0.29, 0.717) is 36.5 Å². The molecular formula is C29H29N3O4S. The smallest absolute Gasteiger partial charge is 0.338 e. The first-order valence-corrected chi connectivity index (χ1v) is 13.1. The molecule has 190 valence electrons. The number of ether oxygens (including phenoxy) is 1. The number of nitrogens with zero attached hydrogens (tertiary/aromatic N) is 1. The maximum Gasteiger partial charge on any atom is 0.338 e. The number of amides is 2. The van der Waals surface area contributed by atoms with Crippen LogP contribution in [0.25, 0.3) is 10.9 Å². The fourth-order valence-electron chi connectivity index (χ4n) is 3.97. The van der Waals surface area contributed by atoms with E-state index in [-0.39, 0.29) is 23.5 Å². The number of hydrogen-bond donors (Lipinski definition) is 2. The number of para-hydroxylation sites is 1. The van der Waals surface area contributed by atoms with Crippen molar-refractivity contribution >= 4 is 46.1 Å². The lowest BCUT2D eigenvalue weighted by molar-refractivity contribution is -0.113. The van der Waals surface area contributed by atoms with Crippen molar-refractivity contribution in [2.45, 2.75) is 25.3 Å². The molecule has 0 aliphatic carbocycles. The number of thioether (sulfide) groups is 1. The number of esters is 1. The molecule has 1 aromatic heterocycles.